The van der Waals surface area contributed by atoms with Gasteiger partial charge in [-0.05, 0) is 24.3 Å². The maximum Gasteiger partial charge on any atom is 0.422 e. The number of carbonyl (C=O) groups is 1. The van der Waals surface area contributed by atoms with Gasteiger partial charge in [-0.25, -0.2) is 4.98 Å². The standard InChI is InChI=1S/C13H15F3N2O2/c1-8(12(4-5-12)11(17)19)9-2-3-10(18-6-9)20-7-13(14,15)16/h2-3,6,8H,4-5,7H2,1H3,(H2,17,19)/t8-/m1/s1. The molecule has 1 heterocycles. The highest BCUT2D eigenvalue weighted by atomic mass is 19.4. The molecule has 0 spiro atoms. The normalized spacial score (nSPS) is 18.4. The zero-order chi connectivity index (χ0) is 15.0. The van der Waals surface area contributed by atoms with Crippen molar-refractivity contribution in [1.29, 1.82) is 0 Å². The Morgan fingerprint density at radius 1 is 1.50 bits per heavy atom. The second-order valence-electron chi connectivity index (χ2n) is 5.08. The largest absolute Gasteiger partial charge is 0.468 e. The first-order valence-electron chi connectivity index (χ1n) is 6.20. The first kappa shape index (κ1) is 14.6. The SMILES string of the molecule is C[C@H](c1ccc(OCC(F)(F)F)nc1)C1(C(N)=O)CC1. The van der Waals surface area contributed by atoms with E-state index in [0.29, 0.717) is 0 Å². The van der Waals surface area contributed by atoms with Gasteiger partial charge >= 0.3 is 6.18 Å². The van der Waals surface area contributed by atoms with E-state index >= 15 is 0 Å². The van der Waals surface area contributed by atoms with Crippen LogP contribution in [0.1, 0.15) is 31.2 Å². The highest BCUT2D eigenvalue weighted by Gasteiger charge is 2.53. The number of halogens is 3. The Bertz CT molecular complexity index is 495. The highest BCUT2D eigenvalue weighted by Crippen LogP contribution is 2.55. The number of hydrogen-bond acceptors (Lipinski definition) is 3. The third-order valence-corrected chi connectivity index (χ3v) is 3.75. The molecule has 1 fully saturated rings. The van der Waals surface area contributed by atoms with E-state index in [-0.39, 0.29) is 17.7 Å². The van der Waals surface area contributed by atoms with Crippen molar-refractivity contribution in [3.8, 4) is 5.88 Å². The average molecular weight is 288 g/mol. The minimum absolute atomic E-state index is 0.0952. The molecule has 1 aliphatic carbocycles. The summed E-state index contributed by atoms with van der Waals surface area (Å²) < 4.78 is 40.5. The summed E-state index contributed by atoms with van der Waals surface area (Å²) in [4.78, 5) is 15.3. The van der Waals surface area contributed by atoms with Crippen molar-refractivity contribution < 1.29 is 22.7 Å². The van der Waals surface area contributed by atoms with Crippen LogP contribution >= 0.6 is 0 Å². The van der Waals surface area contributed by atoms with Crippen LogP contribution < -0.4 is 10.5 Å². The molecule has 2 rings (SSSR count). The molecule has 20 heavy (non-hydrogen) atoms. The molecule has 1 aromatic heterocycles. The lowest BCUT2D eigenvalue weighted by Crippen LogP contribution is -2.29. The molecule has 0 radical (unpaired) electrons. The number of hydrogen-bond donors (Lipinski definition) is 1. The number of carbonyl (C=O) groups excluding carboxylic acids is 1. The molecule has 7 heteroatoms. The van der Waals surface area contributed by atoms with E-state index in [1.165, 1.54) is 12.3 Å². The van der Waals surface area contributed by atoms with E-state index in [1.54, 1.807) is 6.07 Å². The van der Waals surface area contributed by atoms with Gasteiger partial charge in [0.15, 0.2) is 6.61 Å². The van der Waals surface area contributed by atoms with E-state index < -0.39 is 18.2 Å². The maximum atomic E-state index is 12.0. The van der Waals surface area contributed by atoms with Gasteiger partial charge in [-0.3, -0.25) is 4.79 Å². The number of alkyl halides is 3. The van der Waals surface area contributed by atoms with E-state index in [4.69, 9.17) is 5.73 Å². The Balaban J connectivity index is 2.03. The number of ether oxygens (including phenoxy) is 1. The Hall–Kier alpha value is -1.79. The smallest absolute Gasteiger partial charge is 0.422 e. The van der Waals surface area contributed by atoms with Gasteiger partial charge in [0.05, 0.1) is 5.41 Å². The fourth-order valence-electron chi connectivity index (χ4n) is 2.24. The summed E-state index contributed by atoms with van der Waals surface area (Å²) in [6.45, 7) is 0.491. The van der Waals surface area contributed by atoms with E-state index in [2.05, 4.69) is 9.72 Å². The first-order chi connectivity index (χ1) is 9.24. The number of rotatable bonds is 5. The summed E-state index contributed by atoms with van der Waals surface area (Å²) in [7, 11) is 0. The minimum Gasteiger partial charge on any atom is -0.468 e. The van der Waals surface area contributed by atoms with Crippen LogP contribution in [-0.2, 0) is 4.79 Å². The van der Waals surface area contributed by atoms with Crippen LogP contribution in [0.5, 0.6) is 5.88 Å². The summed E-state index contributed by atoms with van der Waals surface area (Å²) in [5, 5.41) is 0. The quantitative estimate of drug-likeness (QED) is 0.904. The third kappa shape index (κ3) is 3.02. The molecule has 110 valence electrons. The zero-order valence-electron chi connectivity index (χ0n) is 10.9. The summed E-state index contributed by atoms with van der Waals surface area (Å²) in [6, 6.07) is 2.99. The molecule has 0 saturated heterocycles. The van der Waals surface area contributed by atoms with Gasteiger partial charge in [0.2, 0.25) is 11.8 Å². The van der Waals surface area contributed by atoms with E-state index in [0.717, 1.165) is 18.4 Å². The van der Waals surface area contributed by atoms with Gasteiger partial charge in [-0.1, -0.05) is 13.0 Å². The first-order valence-corrected chi connectivity index (χ1v) is 6.20. The molecular formula is C13H15F3N2O2. The van der Waals surface area contributed by atoms with Crippen LogP contribution in [0.4, 0.5) is 13.2 Å². The van der Waals surface area contributed by atoms with Crippen molar-refractivity contribution >= 4 is 5.91 Å². The maximum absolute atomic E-state index is 12.0. The van der Waals surface area contributed by atoms with Crippen molar-refractivity contribution in [1.82, 2.24) is 4.98 Å². The monoisotopic (exact) mass is 288 g/mol. The number of nitrogens with two attached hydrogens (primary N) is 1. The number of nitrogens with zero attached hydrogens (tertiary/aromatic N) is 1. The fourth-order valence-corrected chi connectivity index (χ4v) is 2.24. The second-order valence-corrected chi connectivity index (χ2v) is 5.08. The fraction of sp³-hybridized carbons (Fsp3) is 0.538. The summed E-state index contributed by atoms with van der Waals surface area (Å²) in [5.41, 5.74) is 5.62. The minimum atomic E-state index is -4.39. The van der Waals surface area contributed by atoms with Crippen LogP contribution in [0.25, 0.3) is 0 Å². The molecule has 2 N–H and O–H groups in total. The van der Waals surface area contributed by atoms with E-state index in [9.17, 15) is 18.0 Å². The van der Waals surface area contributed by atoms with Gasteiger partial charge in [0.25, 0.3) is 0 Å². The van der Waals surface area contributed by atoms with Gasteiger partial charge < -0.3 is 10.5 Å². The topological polar surface area (TPSA) is 65.2 Å². The van der Waals surface area contributed by atoms with Crippen molar-refractivity contribution in [3.63, 3.8) is 0 Å². The zero-order valence-corrected chi connectivity index (χ0v) is 10.9. The van der Waals surface area contributed by atoms with Crippen LogP contribution in [-0.4, -0.2) is 23.7 Å². The van der Waals surface area contributed by atoms with Gasteiger partial charge in [0, 0.05) is 12.3 Å². The van der Waals surface area contributed by atoms with Crippen LogP contribution in [0.3, 0.4) is 0 Å². The van der Waals surface area contributed by atoms with Gasteiger partial charge in [-0.2, -0.15) is 13.2 Å². The molecule has 4 nitrogen and oxygen atoms in total. The Kier molecular flexibility index (Phi) is 3.62. The second kappa shape index (κ2) is 4.96. The third-order valence-electron chi connectivity index (χ3n) is 3.75. The molecular weight excluding hydrogens is 273 g/mol. The molecule has 1 aliphatic rings. The number of primary amides is 1. The lowest BCUT2D eigenvalue weighted by Gasteiger charge is -2.20. The number of pyridine rings is 1. The number of amides is 1. The number of aromatic nitrogens is 1. The molecule has 1 atom stereocenters. The van der Waals surface area contributed by atoms with E-state index in [1.807, 2.05) is 6.92 Å². The van der Waals surface area contributed by atoms with Gasteiger partial charge in [-0.15, -0.1) is 0 Å². The predicted octanol–water partition coefficient (Wildman–Crippen LogP) is 2.39. The lowest BCUT2D eigenvalue weighted by atomic mass is 9.85. The van der Waals surface area contributed by atoms with Crippen LogP contribution in [0.2, 0.25) is 0 Å². The predicted molar refractivity (Wildman–Crippen MR) is 65.1 cm³/mol. The van der Waals surface area contributed by atoms with Crippen molar-refractivity contribution in [2.75, 3.05) is 6.61 Å². The Labute approximate surface area is 114 Å². The summed E-state index contributed by atoms with van der Waals surface area (Å²) in [5.74, 6) is -0.547. The van der Waals surface area contributed by atoms with Crippen molar-refractivity contribution in [3.05, 3.63) is 23.9 Å². The Morgan fingerprint density at radius 2 is 2.15 bits per heavy atom. The van der Waals surface area contributed by atoms with Crippen LogP contribution in [0, 0.1) is 5.41 Å². The molecule has 0 bridgehead atoms. The average Bonchev–Trinajstić information content (AvgIpc) is 3.17. The molecule has 1 amide bonds. The Morgan fingerprint density at radius 3 is 2.55 bits per heavy atom. The van der Waals surface area contributed by atoms with Crippen molar-refractivity contribution in [2.24, 2.45) is 11.1 Å². The summed E-state index contributed by atoms with van der Waals surface area (Å²) >= 11 is 0. The molecule has 1 saturated carbocycles. The molecule has 0 aromatic carbocycles. The van der Waals surface area contributed by atoms with Crippen LogP contribution in [0.15, 0.2) is 18.3 Å². The molecule has 0 aliphatic heterocycles. The molecule has 0 unspecified atom stereocenters. The molecule has 1 aromatic rings. The summed E-state index contributed by atoms with van der Waals surface area (Å²) in [6.07, 6.45) is -1.50. The van der Waals surface area contributed by atoms with Gasteiger partial charge in [0.1, 0.15) is 0 Å². The lowest BCUT2D eigenvalue weighted by molar-refractivity contribution is -0.154. The van der Waals surface area contributed by atoms with Crippen molar-refractivity contribution in [2.45, 2.75) is 31.9 Å². The highest BCUT2D eigenvalue weighted by molar-refractivity contribution is 5.84.